The second kappa shape index (κ2) is 5.11. The van der Waals surface area contributed by atoms with Crippen molar-refractivity contribution in [3.63, 3.8) is 0 Å². The van der Waals surface area contributed by atoms with E-state index in [2.05, 4.69) is 4.84 Å². The maximum atomic E-state index is 11.2. The summed E-state index contributed by atoms with van der Waals surface area (Å²) >= 11 is 0. The third-order valence-electron chi connectivity index (χ3n) is 2.05. The van der Waals surface area contributed by atoms with Gasteiger partial charge in [0.2, 0.25) is 0 Å². The van der Waals surface area contributed by atoms with Crippen LogP contribution in [-0.2, 0) is 11.3 Å². The average molecular weight is 225 g/mol. The van der Waals surface area contributed by atoms with E-state index in [1.807, 2.05) is 6.92 Å². The monoisotopic (exact) mass is 225 g/mol. The Morgan fingerprint density at radius 1 is 1.50 bits per heavy atom. The Kier molecular flexibility index (Phi) is 3.82. The van der Waals surface area contributed by atoms with Gasteiger partial charge in [0.25, 0.3) is 0 Å². The molecule has 1 aromatic carbocycles. The zero-order valence-corrected chi connectivity index (χ0v) is 8.93. The summed E-state index contributed by atoms with van der Waals surface area (Å²) < 4.78 is 5.07. The van der Waals surface area contributed by atoms with Gasteiger partial charge in [-0.15, -0.1) is 10.1 Å². The van der Waals surface area contributed by atoms with E-state index in [-0.39, 0.29) is 5.56 Å². The van der Waals surface area contributed by atoms with E-state index >= 15 is 0 Å². The van der Waals surface area contributed by atoms with E-state index in [1.165, 1.54) is 19.2 Å². The van der Waals surface area contributed by atoms with Crippen molar-refractivity contribution >= 4 is 5.97 Å². The highest BCUT2D eigenvalue weighted by atomic mass is 17.0. The standard InChI is InChI=1S/C10H11NO5/c1-3-7-6-8(4-5-9(7)15-2)10(12)16-11(13)14/h4-6H,3H2,1-2H3. The molecule has 0 unspecified atom stereocenters. The summed E-state index contributed by atoms with van der Waals surface area (Å²) in [5.74, 6) is -0.345. The van der Waals surface area contributed by atoms with Crippen LogP contribution in [-0.4, -0.2) is 18.2 Å². The van der Waals surface area contributed by atoms with Crippen LogP contribution in [0.4, 0.5) is 0 Å². The number of ether oxygens (including phenoxy) is 1. The van der Waals surface area contributed by atoms with E-state index in [1.54, 1.807) is 6.07 Å². The van der Waals surface area contributed by atoms with E-state index in [4.69, 9.17) is 4.74 Å². The molecule has 0 aromatic heterocycles. The Morgan fingerprint density at radius 3 is 2.69 bits per heavy atom. The highest BCUT2D eigenvalue weighted by Crippen LogP contribution is 2.20. The lowest BCUT2D eigenvalue weighted by molar-refractivity contribution is -0.727. The first-order chi connectivity index (χ1) is 7.58. The molecular formula is C10H11NO5. The van der Waals surface area contributed by atoms with Crippen molar-refractivity contribution in [3.05, 3.63) is 39.4 Å². The van der Waals surface area contributed by atoms with Crippen molar-refractivity contribution in [1.82, 2.24) is 0 Å². The van der Waals surface area contributed by atoms with Crippen molar-refractivity contribution in [2.24, 2.45) is 0 Å². The number of hydrogen-bond acceptors (Lipinski definition) is 5. The van der Waals surface area contributed by atoms with Crippen molar-refractivity contribution in [2.75, 3.05) is 7.11 Å². The molecule has 6 nitrogen and oxygen atoms in total. The van der Waals surface area contributed by atoms with Crippen LogP contribution in [0.2, 0.25) is 0 Å². The smallest absolute Gasteiger partial charge is 0.334 e. The van der Waals surface area contributed by atoms with Crippen LogP contribution < -0.4 is 4.74 Å². The van der Waals surface area contributed by atoms with Gasteiger partial charge in [-0.25, -0.2) is 4.84 Å². The van der Waals surface area contributed by atoms with Crippen molar-refractivity contribution in [3.8, 4) is 5.75 Å². The van der Waals surface area contributed by atoms with Gasteiger partial charge in [-0.05, 0) is 30.2 Å². The first kappa shape index (κ1) is 12.0. The molecule has 0 radical (unpaired) electrons. The zero-order valence-electron chi connectivity index (χ0n) is 8.93. The number of methoxy groups -OCH3 is 1. The molecule has 0 aliphatic rings. The number of carbonyl (C=O) groups is 1. The molecule has 6 heteroatoms. The molecule has 0 fully saturated rings. The molecule has 0 spiro atoms. The lowest BCUT2D eigenvalue weighted by Crippen LogP contribution is -2.10. The minimum absolute atomic E-state index is 0.134. The lowest BCUT2D eigenvalue weighted by Gasteiger charge is -2.07. The summed E-state index contributed by atoms with van der Waals surface area (Å²) in [5.41, 5.74) is 0.926. The molecule has 0 bridgehead atoms. The van der Waals surface area contributed by atoms with Gasteiger partial charge in [0.1, 0.15) is 5.75 Å². The van der Waals surface area contributed by atoms with Crippen molar-refractivity contribution in [1.29, 1.82) is 0 Å². The summed E-state index contributed by atoms with van der Waals surface area (Å²) in [4.78, 5) is 25.1. The fourth-order valence-electron chi connectivity index (χ4n) is 1.30. The summed E-state index contributed by atoms with van der Waals surface area (Å²) in [7, 11) is 1.52. The molecule has 0 aliphatic heterocycles. The number of hydrogen-bond donors (Lipinski definition) is 0. The first-order valence-electron chi connectivity index (χ1n) is 4.62. The molecule has 0 aliphatic carbocycles. The minimum atomic E-state index is -1.13. The Labute approximate surface area is 91.9 Å². The zero-order chi connectivity index (χ0) is 12.1. The molecule has 0 amide bonds. The topological polar surface area (TPSA) is 78.7 Å². The fourth-order valence-corrected chi connectivity index (χ4v) is 1.30. The van der Waals surface area contributed by atoms with Crippen LogP contribution in [0.3, 0.4) is 0 Å². The molecule has 86 valence electrons. The van der Waals surface area contributed by atoms with Gasteiger partial charge in [-0.1, -0.05) is 6.92 Å². The number of carbonyl (C=O) groups excluding carboxylic acids is 1. The predicted octanol–water partition coefficient (Wildman–Crippen LogP) is 1.61. The highest BCUT2D eigenvalue weighted by Gasteiger charge is 2.12. The van der Waals surface area contributed by atoms with Crippen LogP contribution in [0.1, 0.15) is 22.8 Å². The molecule has 16 heavy (non-hydrogen) atoms. The molecule has 1 rings (SSSR count). The Morgan fingerprint density at radius 2 is 2.19 bits per heavy atom. The summed E-state index contributed by atoms with van der Waals surface area (Å²) in [6.07, 6.45) is 0.656. The van der Waals surface area contributed by atoms with Crippen LogP contribution in [0.15, 0.2) is 18.2 Å². The minimum Gasteiger partial charge on any atom is -0.496 e. The quantitative estimate of drug-likeness (QED) is 0.574. The van der Waals surface area contributed by atoms with Gasteiger partial charge in [0, 0.05) is 5.56 Å². The fraction of sp³-hybridized carbons (Fsp3) is 0.300. The summed E-state index contributed by atoms with van der Waals surface area (Å²) in [5, 5.41) is 8.87. The van der Waals surface area contributed by atoms with Crippen molar-refractivity contribution in [2.45, 2.75) is 13.3 Å². The maximum absolute atomic E-state index is 11.2. The molecule has 0 N–H and O–H groups in total. The molecule has 0 heterocycles. The largest absolute Gasteiger partial charge is 0.496 e. The van der Waals surface area contributed by atoms with Crippen LogP contribution in [0.5, 0.6) is 5.75 Å². The Hall–Kier alpha value is -2.11. The van der Waals surface area contributed by atoms with Crippen LogP contribution in [0.25, 0.3) is 0 Å². The third-order valence-corrected chi connectivity index (χ3v) is 2.05. The molecule has 0 saturated heterocycles. The third kappa shape index (κ3) is 2.69. The van der Waals surface area contributed by atoms with Gasteiger partial charge in [-0.2, -0.15) is 0 Å². The lowest BCUT2D eigenvalue weighted by atomic mass is 10.1. The van der Waals surface area contributed by atoms with Crippen LogP contribution in [0, 0.1) is 10.1 Å². The van der Waals surface area contributed by atoms with E-state index in [0.29, 0.717) is 12.2 Å². The summed E-state index contributed by atoms with van der Waals surface area (Å²) in [6.45, 7) is 1.89. The van der Waals surface area contributed by atoms with E-state index in [0.717, 1.165) is 5.56 Å². The number of rotatable bonds is 4. The van der Waals surface area contributed by atoms with Gasteiger partial charge in [-0.3, -0.25) is 4.79 Å². The van der Waals surface area contributed by atoms with Crippen LogP contribution >= 0.6 is 0 Å². The average Bonchev–Trinajstić information content (AvgIpc) is 2.27. The normalized spacial score (nSPS) is 9.62. The molecule has 0 saturated carbocycles. The molecular weight excluding hydrogens is 214 g/mol. The maximum Gasteiger partial charge on any atom is 0.334 e. The van der Waals surface area contributed by atoms with Gasteiger partial charge in [0.15, 0.2) is 0 Å². The molecule has 1 aromatic rings. The Bertz CT molecular complexity index is 416. The predicted molar refractivity (Wildman–Crippen MR) is 54.8 cm³/mol. The molecule has 0 atom stereocenters. The number of nitrogens with zero attached hydrogens (tertiary/aromatic N) is 1. The first-order valence-corrected chi connectivity index (χ1v) is 4.62. The Balaban J connectivity index is 2.98. The second-order valence-corrected chi connectivity index (χ2v) is 2.98. The van der Waals surface area contributed by atoms with E-state index < -0.39 is 11.1 Å². The summed E-state index contributed by atoms with van der Waals surface area (Å²) in [6, 6.07) is 4.52. The number of benzene rings is 1. The number of aryl methyl sites for hydroxylation is 1. The van der Waals surface area contributed by atoms with E-state index in [9.17, 15) is 14.9 Å². The highest BCUT2D eigenvalue weighted by molar-refractivity contribution is 5.89. The second-order valence-electron chi connectivity index (χ2n) is 2.98. The SMILES string of the molecule is CCc1cc(C(=O)O[N+](=O)[O-])ccc1OC. The van der Waals surface area contributed by atoms with Gasteiger partial charge < -0.3 is 4.74 Å². The van der Waals surface area contributed by atoms with Crippen molar-refractivity contribution < 1.29 is 19.5 Å². The van der Waals surface area contributed by atoms with Gasteiger partial charge >= 0.3 is 11.1 Å². The van der Waals surface area contributed by atoms with Gasteiger partial charge in [0.05, 0.1) is 7.11 Å².